The third kappa shape index (κ3) is 4.25. The Hall–Kier alpha value is -1.00. The lowest BCUT2D eigenvalue weighted by molar-refractivity contribution is -0.123. The highest BCUT2D eigenvalue weighted by atomic mass is 32.2. The van der Waals surface area contributed by atoms with E-state index >= 15 is 0 Å². The molecule has 2 unspecified atom stereocenters. The molecular weight excluding hydrogens is 258 g/mol. The molecule has 1 aromatic carbocycles. The van der Waals surface area contributed by atoms with Crippen molar-refractivity contribution in [1.82, 2.24) is 5.32 Å². The molecule has 0 radical (unpaired) electrons. The molecule has 0 bridgehead atoms. The highest BCUT2D eigenvalue weighted by Gasteiger charge is 2.29. The number of hydrogen-bond donors (Lipinski definition) is 2. The van der Waals surface area contributed by atoms with Gasteiger partial charge in [-0.25, -0.2) is 0 Å². The fourth-order valence-corrected chi connectivity index (χ4v) is 3.55. The number of aliphatic hydroxyl groups excluding tert-OH is 1. The van der Waals surface area contributed by atoms with E-state index in [4.69, 9.17) is 0 Å². The molecule has 1 fully saturated rings. The van der Waals surface area contributed by atoms with E-state index in [2.05, 4.69) is 12.2 Å². The summed E-state index contributed by atoms with van der Waals surface area (Å²) in [6.45, 7) is 2.89. The van der Waals surface area contributed by atoms with Gasteiger partial charge in [-0.05, 0) is 31.1 Å². The number of thioether (sulfide) groups is 1. The Morgan fingerprint density at radius 3 is 2.84 bits per heavy atom. The fourth-order valence-electron chi connectivity index (χ4n) is 2.30. The molecule has 1 aliphatic rings. The number of hydrogen-bond acceptors (Lipinski definition) is 3. The van der Waals surface area contributed by atoms with Gasteiger partial charge in [0.25, 0.3) is 0 Å². The Labute approximate surface area is 118 Å². The van der Waals surface area contributed by atoms with Gasteiger partial charge in [-0.15, -0.1) is 0 Å². The first-order chi connectivity index (χ1) is 9.09. The van der Waals surface area contributed by atoms with Crippen molar-refractivity contribution >= 4 is 17.7 Å². The van der Waals surface area contributed by atoms with Crippen LogP contribution in [0, 0.1) is 0 Å². The maximum absolute atomic E-state index is 11.8. The molecule has 2 N–H and O–H groups in total. The summed E-state index contributed by atoms with van der Waals surface area (Å²) in [5.74, 6) is 1.10. The molecule has 1 amide bonds. The van der Waals surface area contributed by atoms with E-state index in [9.17, 15) is 9.90 Å². The molecule has 1 heterocycles. The predicted octanol–water partition coefficient (Wildman–Crippen LogP) is 2.51. The number of carbonyl (C=O) groups is 1. The van der Waals surface area contributed by atoms with Crippen molar-refractivity contribution in [2.45, 2.75) is 37.0 Å². The van der Waals surface area contributed by atoms with Crippen LogP contribution in [0.5, 0.6) is 0 Å². The van der Waals surface area contributed by atoms with Gasteiger partial charge in [0.05, 0.1) is 12.5 Å². The summed E-state index contributed by atoms with van der Waals surface area (Å²) in [6.07, 6.45) is 1.79. The molecule has 19 heavy (non-hydrogen) atoms. The van der Waals surface area contributed by atoms with Crippen LogP contribution < -0.4 is 5.32 Å². The quantitative estimate of drug-likeness (QED) is 0.870. The second kappa shape index (κ2) is 6.44. The normalized spacial score (nSPS) is 24.1. The molecular formula is C15H21NO2S. The van der Waals surface area contributed by atoms with Crippen LogP contribution in [0.1, 0.15) is 37.9 Å². The van der Waals surface area contributed by atoms with Crippen LogP contribution in [0.3, 0.4) is 0 Å². The first-order valence-electron chi connectivity index (χ1n) is 6.73. The van der Waals surface area contributed by atoms with E-state index in [0.717, 1.165) is 12.0 Å². The van der Waals surface area contributed by atoms with Crippen LogP contribution in [-0.2, 0) is 4.79 Å². The Balaban J connectivity index is 1.78. The minimum absolute atomic E-state index is 0.0786. The zero-order valence-electron chi connectivity index (χ0n) is 11.3. The van der Waals surface area contributed by atoms with Gasteiger partial charge in [0.15, 0.2) is 0 Å². The van der Waals surface area contributed by atoms with Crippen molar-refractivity contribution in [2.24, 2.45) is 0 Å². The van der Waals surface area contributed by atoms with Gasteiger partial charge < -0.3 is 10.4 Å². The average molecular weight is 279 g/mol. The predicted molar refractivity (Wildman–Crippen MR) is 79.1 cm³/mol. The molecule has 1 aliphatic heterocycles. The monoisotopic (exact) mass is 279 g/mol. The van der Waals surface area contributed by atoms with Crippen LogP contribution >= 0.6 is 11.8 Å². The molecule has 1 saturated heterocycles. The van der Waals surface area contributed by atoms with E-state index < -0.39 is 6.10 Å². The van der Waals surface area contributed by atoms with Crippen molar-refractivity contribution in [3.63, 3.8) is 0 Å². The number of nitrogens with one attached hydrogen (secondary N) is 1. The van der Waals surface area contributed by atoms with Crippen LogP contribution in [-0.4, -0.2) is 28.1 Å². The van der Waals surface area contributed by atoms with Gasteiger partial charge in [-0.3, -0.25) is 4.79 Å². The van der Waals surface area contributed by atoms with Crippen LogP contribution in [0.15, 0.2) is 30.3 Å². The van der Waals surface area contributed by atoms with Gasteiger partial charge in [-0.1, -0.05) is 30.3 Å². The standard InChI is InChI=1S/C15H21NO2S/c1-15(8-5-9-19-15)11-16-14(18)10-13(17)12-6-3-2-4-7-12/h2-4,6-7,13,17H,5,8-11H2,1H3,(H,16,18). The third-order valence-corrected chi connectivity index (χ3v) is 5.06. The van der Waals surface area contributed by atoms with Crippen LogP contribution in [0.2, 0.25) is 0 Å². The summed E-state index contributed by atoms with van der Waals surface area (Å²) in [4.78, 5) is 11.8. The molecule has 0 saturated carbocycles. The van der Waals surface area contributed by atoms with Gasteiger partial charge in [-0.2, -0.15) is 11.8 Å². The van der Waals surface area contributed by atoms with Crippen LogP contribution in [0.25, 0.3) is 0 Å². The van der Waals surface area contributed by atoms with Gasteiger partial charge in [0.1, 0.15) is 0 Å². The van der Waals surface area contributed by atoms with Crippen molar-refractivity contribution < 1.29 is 9.90 Å². The second-order valence-corrected chi connectivity index (χ2v) is 6.99. The van der Waals surface area contributed by atoms with Crippen molar-refractivity contribution in [2.75, 3.05) is 12.3 Å². The largest absolute Gasteiger partial charge is 0.388 e. The average Bonchev–Trinajstić information content (AvgIpc) is 2.85. The molecule has 0 aromatic heterocycles. The van der Waals surface area contributed by atoms with E-state index in [1.807, 2.05) is 42.1 Å². The first kappa shape index (κ1) is 14.4. The molecule has 0 spiro atoms. The number of aliphatic hydroxyl groups is 1. The minimum atomic E-state index is -0.717. The smallest absolute Gasteiger partial charge is 0.223 e. The molecule has 1 aromatic rings. The Kier molecular flexibility index (Phi) is 4.88. The van der Waals surface area contributed by atoms with E-state index in [-0.39, 0.29) is 17.1 Å². The zero-order chi connectivity index (χ0) is 13.7. The second-order valence-electron chi connectivity index (χ2n) is 5.31. The van der Waals surface area contributed by atoms with Gasteiger partial charge >= 0.3 is 0 Å². The Morgan fingerprint density at radius 1 is 1.47 bits per heavy atom. The van der Waals surface area contributed by atoms with Crippen molar-refractivity contribution in [3.05, 3.63) is 35.9 Å². The van der Waals surface area contributed by atoms with Gasteiger partial charge in [0.2, 0.25) is 5.91 Å². The van der Waals surface area contributed by atoms with E-state index in [1.54, 1.807) is 0 Å². The highest BCUT2D eigenvalue weighted by molar-refractivity contribution is 8.00. The molecule has 2 rings (SSSR count). The first-order valence-corrected chi connectivity index (χ1v) is 7.71. The molecule has 2 atom stereocenters. The maximum Gasteiger partial charge on any atom is 0.223 e. The number of benzene rings is 1. The molecule has 0 aliphatic carbocycles. The lowest BCUT2D eigenvalue weighted by atomic mass is 10.0. The van der Waals surface area contributed by atoms with Gasteiger partial charge in [0, 0.05) is 11.3 Å². The van der Waals surface area contributed by atoms with Crippen molar-refractivity contribution in [3.8, 4) is 0 Å². The summed E-state index contributed by atoms with van der Waals surface area (Å²) in [5, 5.41) is 12.9. The molecule has 4 heteroatoms. The van der Waals surface area contributed by atoms with E-state index in [0.29, 0.717) is 6.54 Å². The third-order valence-electron chi connectivity index (χ3n) is 3.52. The SMILES string of the molecule is CC1(CNC(=O)CC(O)c2ccccc2)CCCS1. The zero-order valence-corrected chi connectivity index (χ0v) is 12.1. The maximum atomic E-state index is 11.8. The topological polar surface area (TPSA) is 49.3 Å². The summed E-state index contributed by atoms with van der Waals surface area (Å²) < 4.78 is 0.174. The Bertz CT molecular complexity index is 415. The molecule has 3 nitrogen and oxygen atoms in total. The minimum Gasteiger partial charge on any atom is -0.388 e. The fraction of sp³-hybridized carbons (Fsp3) is 0.533. The molecule has 104 valence electrons. The Morgan fingerprint density at radius 2 is 2.21 bits per heavy atom. The lowest BCUT2D eigenvalue weighted by Gasteiger charge is -2.23. The number of rotatable bonds is 5. The lowest BCUT2D eigenvalue weighted by Crippen LogP contribution is -2.37. The highest BCUT2D eigenvalue weighted by Crippen LogP contribution is 2.36. The summed E-state index contributed by atoms with van der Waals surface area (Å²) in [5.41, 5.74) is 0.791. The summed E-state index contributed by atoms with van der Waals surface area (Å²) in [6, 6.07) is 9.31. The summed E-state index contributed by atoms with van der Waals surface area (Å²) in [7, 11) is 0. The summed E-state index contributed by atoms with van der Waals surface area (Å²) >= 11 is 1.92. The van der Waals surface area contributed by atoms with Crippen LogP contribution in [0.4, 0.5) is 0 Å². The number of carbonyl (C=O) groups excluding carboxylic acids is 1. The van der Waals surface area contributed by atoms with Crippen molar-refractivity contribution in [1.29, 1.82) is 0 Å². The number of amides is 1. The van der Waals surface area contributed by atoms with E-state index in [1.165, 1.54) is 12.2 Å².